The van der Waals surface area contributed by atoms with Gasteiger partial charge in [-0.3, -0.25) is 4.68 Å². The highest BCUT2D eigenvalue weighted by molar-refractivity contribution is 5.39. The lowest BCUT2D eigenvalue weighted by Gasteiger charge is -2.33. The van der Waals surface area contributed by atoms with Crippen molar-refractivity contribution in [3.05, 3.63) is 12.4 Å². The van der Waals surface area contributed by atoms with Crippen LogP contribution in [-0.2, 0) is 6.54 Å². The van der Waals surface area contributed by atoms with Crippen molar-refractivity contribution in [1.29, 1.82) is 0 Å². The molecule has 0 atom stereocenters. The standard InChI is InChI=1S/C14H26N4/c1-4-18-11-14(9-15-18)16-13-5-7-17(8-6-13)10-12(2)3/h9,11-13,16H,4-8,10H2,1-3H3. The first-order valence-electron chi connectivity index (χ1n) is 7.18. The van der Waals surface area contributed by atoms with Crippen LogP contribution in [0.5, 0.6) is 0 Å². The minimum absolute atomic E-state index is 0.614. The number of nitrogens with zero attached hydrogens (tertiary/aromatic N) is 3. The Balaban J connectivity index is 1.76. The Kier molecular flexibility index (Phi) is 4.64. The van der Waals surface area contributed by atoms with Gasteiger partial charge in [-0.25, -0.2) is 0 Å². The molecule has 0 unspecified atom stereocenters. The number of nitrogens with one attached hydrogen (secondary N) is 1. The van der Waals surface area contributed by atoms with Gasteiger partial charge in [0.1, 0.15) is 0 Å². The quantitative estimate of drug-likeness (QED) is 0.871. The van der Waals surface area contributed by atoms with Crippen LogP contribution in [-0.4, -0.2) is 40.4 Å². The van der Waals surface area contributed by atoms with Crippen LogP contribution in [0.25, 0.3) is 0 Å². The smallest absolute Gasteiger partial charge is 0.0728 e. The van der Waals surface area contributed by atoms with E-state index in [0.717, 1.165) is 12.5 Å². The highest BCUT2D eigenvalue weighted by Crippen LogP contribution is 2.16. The third kappa shape index (κ3) is 3.73. The normalized spacial score (nSPS) is 18.4. The van der Waals surface area contributed by atoms with Gasteiger partial charge in [-0.1, -0.05) is 13.8 Å². The summed E-state index contributed by atoms with van der Waals surface area (Å²) in [4.78, 5) is 2.58. The average molecular weight is 250 g/mol. The molecular weight excluding hydrogens is 224 g/mol. The maximum absolute atomic E-state index is 4.30. The van der Waals surface area contributed by atoms with Crippen molar-refractivity contribution < 1.29 is 0 Å². The molecule has 0 saturated carbocycles. The summed E-state index contributed by atoms with van der Waals surface area (Å²) >= 11 is 0. The molecule has 0 spiro atoms. The lowest BCUT2D eigenvalue weighted by atomic mass is 10.0. The topological polar surface area (TPSA) is 33.1 Å². The van der Waals surface area contributed by atoms with Crippen molar-refractivity contribution in [2.75, 3.05) is 25.0 Å². The summed E-state index contributed by atoms with van der Waals surface area (Å²) < 4.78 is 1.97. The van der Waals surface area contributed by atoms with Gasteiger partial charge in [-0.05, 0) is 25.7 Å². The van der Waals surface area contributed by atoms with Crippen LogP contribution in [0.15, 0.2) is 12.4 Å². The van der Waals surface area contributed by atoms with Crippen molar-refractivity contribution >= 4 is 5.69 Å². The number of aromatic nitrogens is 2. The summed E-state index contributed by atoms with van der Waals surface area (Å²) in [6.45, 7) is 11.3. The van der Waals surface area contributed by atoms with Crippen molar-refractivity contribution in [2.24, 2.45) is 5.92 Å². The summed E-state index contributed by atoms with van der Waals surface area (Å²) in [6, 6.07) is 0.614. The van der Waals surface area contributed by atoms with Crippen molar-refractivity contribution in [2.45, 2.75) is 46.2 Å². The Morgan fingerprint density at radius 2 is 2.11 bits per heavy atom. The van der Waals surface area contributed by atoms with Gasteiger partial charge < -0.3 is 10.2 Å². The third-order valence-electron chi connectivity index (χ3n) is 3.54. The number of aryl methyl sites for hydroxylation is 1. The second-order valence-corrected chi connectivity index (χ2v) is 5.70. The average Bonchev–Trinajstić information content (AvgIpc) is 2.79. The SMILES string of the molecule is CCn1cc(NC2CCN(CC(C)C)CC2)cn1. The van der Waals surface area contributed by atoms with Crippen LogP contribution >= 0.6 is 0 Å². The van der Waals surface area contributed by atoms with E-state index in [-0.39, 0.29) is 0 Å². The molecule has 0 aromatic carbocycles. The van der Waals surface area contributed by atoms with Crippen molar-refractivity contribution in [1.82, 2.24) is 14.7 Å². The van der Waals surface area contributed by atoms with E-state index in [1.165, 1.54) is 38.2 Å². The van der Waals surface area contributed by atoms with E-state index in [1.54, 1.807) is 0 Å². The first kappa shape index (κ1) is 13.4. The van der Waals surface area contributed by atoms with Crippen LogP contribution in [0.4, 0.5) is 5.69 Å². The maximum atomic E-state index is 4.30. The predicted octanol–water partition coefficient (Wildman–Crippen LogP) is 2.44. The number of likely N-dealkylation sites (tertiary alicyclic amines) is 1. The Bertz CT molecular complexity index is 350. The molecule has 4 nitrogen and oxygen atoms in total. The number of rotatable bonds is 5. The zero-order valence-electron chi connectivity index (χ0n) is 11.9. The Hall–Kier alpha value is -1.03. The third-order valence-corrected chi connectivity index (χ3v) is 3.54. The predicted molar refractivity (Wildman–Crippen MR) is 75.8 cm³/mol. The molecule has 1 aromatic heterocycles. The molecule has 1 aromatic rings. The fourth-order valence-electron chi connectivity index (χ4n) is 2.62. The Morgan fingerprint density at radius 1 is 1.39 bits per heavy atom. The number of piperidine rings is 1. The molecule has 2 heterocycles. The van der Waals surface area contributed by atoms with E-state index in [1.807, 2.05) is 10.9 Å². The molecule has 102 valence electrons. The zero-order chi connectivity index (χ0) is 13.0. The fraction of sp³-hybridized carbons (Fsp3) is 0.786. The molecular formula is C14H26N4. The molecule has 2 rings (SSSR count). The minimum atomic E-state index is 0.614. The second-order valence-electron chi connectivity index (χ2n) is 5.70. The molecule has 4 heteroatoms. The van der Waals surface area contributed by atoms with Gasteiger partial charge >= 0.3 is 0 Å². The number of anilines is 1. The van der Waals surface area contributed by atoms with Gasteiger partial charge in [0.15, 0.2) is 0 Å². The van der Waals surface area contributed by atoms with Gasteiger partial charge in [0.2, 0.25) is 0 Å². The maximum Gasteiger partial charge on any atom is 0.0728 e. The highest BCUT2D eigenvalue weighted by atomic mass is 15.3. The molecule has 1 aliphatic heterocycles. The van der Waals surface area contributed by atoms with Crippen LogP contribution < -0.4 is 5.32 Å². The lowest BCUT2D eigenvalue weighted by molar-refractivity contribution is 0.198. The van der Waals surface area contributed by atoms with Crippen LogP contribution in [0.3, 0.4) is 0 Å². The highest BCUT2D eigenvalue weighted by Gasteiger charge is 2.19. The summed E-state index contributed by atoms with van der Waals surface area (Å²) in [6.07, 6.45) is 6.51. The second kappa shape index (κ2) is 6.23. The molecule has 1 N–H and O–H groups in total. The summed E-state index contributed by atoms with van der Waals surface area (Å²) in [7, 11) is 0. The van der Waals surface area contributed by atoms with E-state index in [4.69, 9.17) is 0 Å². The van der Waals surface area contributed by atoms with Crippen molar-refractivity contribution in [3.63, 3.8) is 0 Å². The molecule has 0 radical (unpaired) electrons. The summed E-state index contributed by atoms with van der Waals surface area (Å²) in [5, 5.41) is 7.90. The van der Waals surface area contributed by atoms with Gasteiger partial charge in [-0.2, -0.15) is 5.10 Å². The van der Waals surface area contributed by atoms with Crippen LogP contribution in [0.2, 0.25) is 0 Å². The summed E-state index contributed by atoms with van der Waals surface area (Å²) in [5.41, 5.74) is 1.17. The fourth-order valence-corrected chi connectivity index (χ4v) is 2.62. The molecule has 0 bridgehead atoms. The monoisotopic (exact) mass is 250 g/mol. The molecule has 1 fully saturated rings. The van der Waals surface area contributed by atoms with E-state index < -0.39 is 0 Å². The lowest BCUT2D eigenvalue weighted by Crippen LogP contribution is -2.40. The van der Waals surface area contributed by atoms with E-state index in [2.05, 4.69) is 42.3 Å². The van der Waals surface area contributed by atoms with Crippen LogP contribution in [0.1, 0.15) is 33.6 Å². The zero-order valence-corrected chi connectivity index (χ0v) is 11.9. The number of hydrogen-bond acceptors (Lipinski definition) is 3. The molecule has 1 saturated heterocycles. The van der Waals surface area contributed by atoms with Crippen LogP contribution in [0, 0.1) is 5.92 Å². The largest absolute Gasteiger partial charge is 0.380 e. The molecule has 0 aliphatic carbocycles. The Labute approximate surface area is 110 Å². The summed E-state index contributed by atoms with van der Waals surface area (Å²) in [5.74, 6) is 0.775. The Morgan fingerprint density at radius 3 is 2.67 bits per heavy atom. The van der Waals surface area contributed by atoms with Gasteiger partial charge in [0, 0.05) is 38.4 Å². The molecule has 18 heavy (non-hydrogen) atoms. The van der Waals surface area contributed by atoms with E-state index >= 15 is 0 Å². The van der Waals surface area contributed by atoms with Gasteiger partial charge in [0.05, 0.1) is 11.9 Å². The first-order chi connectivity index (χ1) is 8.67. The van der Waals surface area contributed by atoms with Gasteiger partial charge in [0.25, 0.3) is 0 Å². The first-order valence-corrected chi connectivity index (χ1v) is 7.18. The van der Waals surface area contributed by atoms with E-state index in [9.17, 15) is 0 Å². The van der Waals surface area contributed by atoms with Gasteiger partial charge in [-0.15, -0.1) is 0 Å². The van der Waals surface area contributed by atoms with E-state index in [0.29, 0.717) is 6.04 Å². The van der Waals surface area contributed by atoms with Crippen molar-refractivity contribution in [3.8, 4) is 0 Å². The minimum Gasteiger partial charge on any atom is -0.380 e. The molecule has 1 aliphatic rings. The molecule has 0 amide bonds. The number of hydrogen-bond donors (Lipinski definition) is 1.